The van der Waals surface area contributed by atoms with Crippen LogP contribution in [0.15, 0.2) is 47.4 Å². The summed E-state index contributed by atoms with van der Waals surface area (Å²) in [6.07, 6.45) is 0. The highest BCUT2D eigenvalue weighted by atomic mass is 127. The van der Waals surface area contributed by atoms with Crippen LogP contribution in [0, 0.1) is 0 Å². The van der Waals surface area contributed by atoms with Crippen LogP contribution >= 0.6 is 41.7 Å². The van der Waals surface area contributed by atoms with Crippen LogP contribution in [0.2, 0.25) is 5.02 Å². The van der Waals surface area contributed by atoms with Gasteiger partial charge in [0.05, 0.1) is 15.6 Å². The molecule has 0 aliphatic rings. The summed E-state index contributed by atoms with van der Waals surface area (Å²) in [5, 5.41) is 4.21. The van der Waals surface area contributed by atoms with Crippen molar-refractivity contribution in [2.24, 2.45) is 0 Å². The van der Waals surface area contributed by atoms with Crippen molar-refractivity contribution in [2.45, 2.75) is 31.1 Å². The molecule has 2 rings (SSSR count). The van der Waals surface area contributed by atoms with E-state index in [2.05, 4.69) is 71.6 Å². The van der Waals surface area contributed by atoms with Crippen LogP contribution < -0.4 is 5.32 Å². The zero-order valence-corrected chi connectivity index (χ0v) is 15.4. The highest BCUT2D eigenvalue weighted by molar-refractivity contribution is 14.2. The van der Waals surface area contributed by atoms with Crippen LogP contribution in [0.4, 0.5) is 11.4 Å². The molecule has 0 bridgehead atoms. The first kappa shape index (κ1) is 16.0. The molecule has 4 heteroatoms. The van der Waals surface area contributed by atoms with Crippen molar-refractivity contribution in [1.82, 2.24) is 0 Å². The second-order valence-corrected chi connectivity index (χ2v) is 7.94. The van der Waals surface area contributed by atoms with E-state index in [9.17, 15) is 0 Å². The Bertz CT molecular complexity index is 590. The zero-order chi connectivity index (χ0) is 14.8. The van der Waals surface area contributed by atoms with Crippen LogP contribution in [-0.4, -0.2) is 0 Å². The predicted octanol–water partition coefficient (Wildman–Crippen LogP) is 6.82. The highest BCUT2D eigenvalue weighted by Crippen LogP contribution is 2.39. The molecule has 1 N–H and O–H groups in total. The van der Waals surface area contributed by atoms with Gasteiger partial charge in [-0.2, -0.15) is 0 Å². The summed E-state index contributed by atoms with van der Waals surface area (Å²) in [6.45, 7) is 6.66. The van der Waals surface area contributed by atoms with Gasteiger partial charge in [0, 0.05) is 26.9 Å². The van der Waals surface area contributed by atoms with Crippen molar-refractivity contribution in [2.75, 3.05) is 5.32 Å². The van der Waals surface area contributed by atoms with E-state index >= 15 is 0 Å². The van der Waals surface area contributed by atoms with E-state index in [0.717, 1.165) is 21.3 Å². The maximum Gasteiger partial charge on any atom is 0.0600 e. The second kappa shape index (κ2) is 6.58. The van der Waals surface area contributed by atoms with Gasteiger partial charge in [-0.15, -0.1) is 0 Å². The summed E-state index contributed by atoms with van der Waals surface area (Å²) in [7, 11) is 1.62. The Hall–Kier alpha value is -0.390. The summed E-state index contributed by atoms with van der Waals surface area (Å²) < 4.78 is 0. The lowest BCUT2D eigenvalue weighted by molar-refractivity contribution is 0.590. The number of nitrogens with one attached hydrogen (secondary N) is 1. The normalized spacial score (nSPS) is 11.4. The molecule has 0 amide bonds. The van der Waals surface area contributed by atoms with E-state index in [0.29, 0.717) is 0 Å². The number of anilines is 2. The first-order valence-electron chi connectivity index (χ1n) is 6.36. The van der Waals surface area contributed by atoms with Gasteiger partial charge in [-0.1, -0.05) is 50.6 Å². The van der Waals surface area contributed by atoms with Crippen molar-refractivity contribution in [3.05, 3.63) is 53.1 Å². The van der Waals surface area contributed by atoms with E-state index < -0.39 is 0 Å². The first-order valence-corrected chi connectivity index (χ1v) is 10.1. The molecule has 0 unspecified atom stereocenters. The van der Waals surface area contributed by atoms with Gasteiger partial charge in [0.25, 0.3) is 0 Å². The SMILES string of the molecule is CC(C)(C)c1ccc(Nc2cccc(Cl)c2SI)cc1. The lowest BCUT2D eigenvalue weighted by atomic mass is 9.87. The fourth-order valence-corrected chi connectivity index (χ4v) is 4.34. The van der Waals surface area contributed by atoms with E-state index in [-0.39, 0.29) is 5.41 Å². The molecule has 2 aromatic carbocycles. The summed E-state index contributed by atoms with van der Waals surface area (Å²) in [6, 6.07) is 14.5. The van der Waals surface area contributed by atoms with Crippen LogP contribution in [0.25, 0.3) is 0 Å². The minimum absolute atomic E-state index is 0.178. The molecular weight excluding hydrogens is 401 g/mol. The lowest BCUT2D eigenvalue weighted by Crippen LogP contribution is -2.10. The Morgan fingerprint density at radius 2 is 1.70 bits per heavy atom. The Labute approximate surface area is 142 Å². The smallest absolute Gasteiger partial charge is 0.0600 e. The topological polar surface area (TPSA) is 12.0 Å². The summed E-state index contributed by atoms with van der Waals surface area (Å²) in [5.41, 5.74) is 3.63. The minimum atomic E-state index is 0.178. The fraction of sp³-hybridized carbons (Fsp3) is 0.250. The van der Waals surface area contributed by atoms with Crippen molar-refractivity contribution in [3.8, 4) is 0 Å². The van der Waals surface area contributed by atoms with Crippen molar-refractivity contribution in [1.29, 1.82) is 0 Å². The maximum atomic E-state index is 6.22. The summed E-state index contributed by atoms with van der Waals surface area (Å²) in [4.78, 5) is 1.06. The van der Waals surface area contributed by atoms with E-state index in [1.807, 2.05) is 18.2 Å². The van der Waals surface area contributed by atoms with E-state index in [4.69, 9.17) is 11.6 Å². The Kier molecular flexibility index (Phi) is 5.26. The van der Waals surface area contributed by atoms with Crippen LogP contribution in [0.1, 0.15) is 26.3 Å². The Morgan fingerprint density at radius 1 is 1.05 bits per heavy atom. The van der Waals surface area contributed by atoms with Crippen LogP contribution in [0.3, 0.4) is 0 Å². The van der Waals surface area contributed by atoms with Crippen LogP contribution in [-0.2, 0) is 5.41 Å². The third kappa shape index (κ3) is 3.83. The number of hydrogen-bond donors (Lipinski definition) is 1. The minimum Gasteiger partial charge on any atom is -0.355 e. The molecule has 0 fully saturated rings. The molecule has 20 heavy (non-hydrogen) atoms. The molecule has 0 aromatic heterocycles. The number of rotatable bonds is 3. The van der Waals surface area contributed by atoms with Crippen molar-refractivity contribution in [3.63, 3.8) is 0 Å². The molecular formula is C16H17ClINS. The van der Waals surface area contributed by atoms with Gasteiger partial charge in [0.15, 0.2) is 0 Å². The van der Waals surface area contributed by atoms with Gasteiger partial charge < -0.3 is 5.32 Å². The molecule has 0 atom stereocenters. The maximum absolute atomic E-state index is 6.22. The van der Waals surface area contributed by atoms with Crippen molar-refractivity contribution >= 4 is 53.1 Å². The van der Waals surface area contributed by atoms with Gasteiger partial charge >= 0.3 is 0 Å². The molecule has 0 aliphatic heterocycles. The quantitative estimate of drug-likeness (QED) is 0.550. The molecule has 0 saturated heterocycles. The molecule has 0 saturated carbocycles. The number of hydrogen-bond acceptors (Lipinski definition) is 2. The average molecular weight is 418 g/mol. The Balaban J connectivity index is 2.25. The van der Waals surface area contributed by atoms with E-state index in [1.54, 1.807) is 8.93 Å². The summed E-state index contributed by atoms with van der Waals surface area (Å²) >= 11 is 8.47. The monoisotopic (exact) mass is 417 g/mol. The van der Waals surface area contributed by atoms with Gasteiger partial charge in [-0.25, -0.2) is 0 Å². The first-order chi connectivity index (χ1) is 9.41. The largest absolute Gasteiger partial charge is 0.355 e. The molecule has 0 heterocycles. The second-order valence-electron chi connectivity index (χ2n) is 5.65. The molecule has 1 nitrogen and oxygen atoms in total. The van der Waals surface area contributed by atoms with Gasteiger partial charge in [0.1, 0.15) is 0 Å². The molecule has 0 radical (unpaired) electrons. The Morgan fingerprint density at radius 3 is 2.25 bits per heavy atom. The lowest BCUT2D eigenvalue weighted by Gasteiger charge is -2.19. The fourth-order valence-electron chi connectivity index (χ4n) is 1.89. The third-order valence-electron chi connectivity index (χ3n) is 3.07. The van der Waals surface area contributed by atoms with Gasteiger partial charge in [0.2, 0.25) is 0 Å². The average Bonchev–Trinajstić information content (AvgIpc) is 2.38. The highest BCUT2D eigenvalue weighted by Gasteiger charge is 2.13. The molecule has 0 spiro atoms. The van der Waals surface area contributed by atoms with Crippen LogP contribution in [0.5, 0.6) is 0 Å². The predicted molar refractivity (Wildman–Crippen MR) is 99.8 cm³/mol. The van der Waals surface area contributed by atoms with Gasteiger partial charge in [-0.05, 0) is 44.2 Å². The molecule has 2 aromatic rings. The van der Waals surface area contributed by atoms with Crippen molar-refractivity contribution < 1.29 is 0 Å². The van der Waals surface area contributed by atoms with E-state index in [1.165, 1.54) is 5.56 Å². The van der Waals surface area contributed by atoms with Gasteiger partial charge in [-0.3, -0.25) is 0 Å². The number of benzene rings is 2. The molecule has 106 valence electrons. The third-order valence-corrected chi connectivity index (χ3v) is 5.42. The summed E-state index contributed by atoms with van der Waals surface area (Å²) in [5.74, 6) is 0. The zero-order valence-electron chi connectivity index (χ0n) is 11.7. The molecule has 0 aliphatic carbocycles. The number of halogens is 2. The standard InChI is InChI=1S/C16H17ClINS/c1-16(2,3)11-7-9-12(10-8-11)19-14-6-4-5-13(17)15(14)20-18/h4-10,19H,1-3H3.